The molecular weight excluding hydrogens is 234 g/mol. The van der Waals surface area contributed by atoms with E-state index in [9.17, 15) is 15.2 Å². The summed E-state index contributed by atoms with van der Waals surface area (Å²) in [4.78, 5) is 14.2. The highest BCUT2D eigenvalue weighted by Crippen LogP contribution is 2.28. The summed E-state index contributed by atoms with van der Waals surface area (Å²) in [5.74, 6) is -0.129. The Morgan fingerprint density at radius 2 is 2.00 bits per heavy atom. The lowest BCUT2D eigenvalue weighted by atomic mass is 10.2. The standard InChI is InChI=1S/C12H11N3O3/c16-10-1-2-11(12(7-10)15(17)18)14-8-9-3-5-13-6-4-9/h1-7,14,16H,8H2. The number of benzene rings is 1. The molecule has 0 atom stereocenters. The Kier molecular flexibility index (Phi) is 3.38. The Bertz CT molecular complexity index is 558. The molecule has 0 saturated heterocycles. The molecule has 0 bridgehead atoms. The van der Waals surface area contributed by atoms with Crippen LogP contribution in [0.15, 0.2) is 42.7 Å². The minimum atomic E-state index is -0.533. The molecule has 0 aliphatic heterocycles. The van der Waals surface area contributed by atoms with Gasteiger partial charge in [0.25, 0.3) is 5.69 Å². The van der Waals surface area contributed by atoms with Crippen molar-refractivity contribution in [3.63, 3.8) is 0 Å². The number of anilines is 1. The second-order valence-electron chi connectivity index (χ2n) is 3.67. The maximum absolute atomic E-state index is 10.8. The Labute approximate surface area is 103 Å². The summed E-state index contributed by atoms with van der Waals surface area (Å²) in [6.07, 6.45) is 3.31. The highest BCUT2D eigenvalue weighted by atomic mass is 16.6. The van der Waals surface area contributed by atoms with E-state index >= 15 is 0 Å². The Morgan fingerprint density at radius 1 is 1.28 bits per heavy atom. The second-order valence-corrected chi connectivity index (χ2v) is 3.67. The van der Waals surface area contributed by atoms with Crippen LogP contribution in [0.1, 0.15) is 5.56 Å². The summed E-state index contributed by atoms with van der Waals surface area (Å²) in [5, 5.41) is 23.0. The van der Waals surface area contributed by atoms with E-state index in [4.69, 9.17) is 0 Å². The molecule has 2 N–H and O–H groups in total. The van der Waals surface area contributed by atoms with Crippen molar-refractivity contribution in [2.75, 3.05) is 5.32 Å². The van der Waals surface area contributed by atoms with Crippen LogP contribution in [-0.2, 0) is 6.54 Å². The predicted octanol–water partition coefficient (Wildman–Crippen LogP) is 2.31. The normalized spacial score (nSPS) is 10.0. The summed E-state index contributed by atoms with van der Waals surface area (Å²) in [6, 6.07) is 7.64. The first-order valence-electron chi connectivity index (χ1n) is 5.27. The van der Waals surface area contributed by atoms with E-state index in [1.54, 1.807) is 12.4 Å². The fraction of sp³-hybridized carbons (Fsp3) is 0.0833. The van der Waals surface area contributed by atoms with Gasteiger partial charge in [-0.15, -0.1) is 0 Å². The largest absolute Gasteiger partial charge is 0.508 e. The van der Waals surface area contributed by atoms with Crippen LogP contribution in [0.2, 0.25) is 0 Å². The van der Waals surface area contributed by atoms with Gasteiger partial charge in [0.2, 0.25) is 0 Å². The SMILES string of the molecule is O=[N+]([O-])c1cc(O)ccc1NCc1ccncc1. The van der Waals surface area contributed by atoms with Gasteiger partial charge in [0.15, 0.2) is 0 Å². The monoisotopic (exact) mass is 245 g/mol. The smallest absolute Gasteiger partial charge is 0.296 e. The van der Waals surface area contributed by atoms with Crippen LogP contribution in [0.5, 0.6) is 5.75 Å². The number of aromatic nitrogens is 1. The lowest BCUT2D eigenvalue weighted by Gasteiger charge is -2.07. The van der Waals surface area contributed by atoms with Crippen LogP contribution in [-0.4, -0.2) is 15.0 Å². The van der Waals surface area contributed by atoms with Crippen molar-refractivity contribution in [1.82, 2.24) is 4.98 Å². The molecule has 6 nitrogen and oxygen atoms in total. The van der Waals surface area contributed by atoms with Crippen molar-refractivity contribution in [3.8, 4) is 5.75 Å². The topological polar surface area (TPSA) is 88.3 Å². The van der Waals surface area contributed by atoms with Crippen molar-refractivity contribution in [2.45, 2.75) is 6.54 Å². The van der Waals surface area contributed by atoms with Gasteiger partial charge in [0, 0.05) is 18.9 Å². The summed E-state index contributed by atoms with van der Waals surface area (Å²) < 4.78 is 0. The van der Waals surface area contributed by atoms with Gasteiger partial charge in [-0.05, 0) is 29.8 Å². The molecule has 0 aliphatic carbocycles. The molecule has 6 heteroatoms. The molecule has 2 aromatic rings. The van der Waals surface area contributed by atoms with Crippen LogP contribution in [0, 0.1) is 10.1 Å². The molecule has 0 spiro atoms. The van der Waals surface area contributed by atoms with Gasteiger partial charge in [-0.25, -0.2) is 0 Å². The summed E-state index contributed by atoms with van der Waals surface area (Å²) in [5.41, 5.74) is 1.19. The molecule has 92 valence electrons. The summed E-state index contributed by atoms with van der Waals surface area (Å²) >= 11 is 0. The zero-order valence-corrected chi connectivity index (χ0v) is 9.41. The van der Waals surface area contributed by atoms with Crippen molar-refractivity contribution in [3.05, 3.63) is 58.4 Å². The fourth-order valence-corrected chi connectivity index (χ4v) is 1.52. The summed E-state index contributed by atoms with van der Waals surface area (Å²) in [6.45, 7) is 0.453. The van der Waals surface area contributed by atoms with Gasteiger partial charge in [-0.1, -0.05) is 0 Å². The molecule has 2 rings (SSSR count). The molecule has 0 amide bonds. The van der Waals surface area contributed by atoms with Gasteiger partial charge >= 0.3 is 0 Å². The third-order valence-electron chi connectivity index (χ3n) is 2.41. The van der Waals surface area contributed by atoms with Gasteiger partial charge in [-0.3, -0.25) is 15.1 Å². The molecule has 18 heavy (non-hydrogen) atoms. The molecule has 0 radical (unpaired) electrons. The zero-order chi connectivity index (χ0) is 13.0. The highest BCUT2D eigenvalue weighted by molar-refractivity contribution is 5.63. The number of aromatic hydroxyl groups is 1. The minimum Gasteiger partial charge on any atom is -0.508 e. The number of rotatable bonds is 4. The number of nitro benzene ring substituents is 1. The first-order valence-corrected chi connectivity index (χ1v) is 5.27. The number of nitrogens with one attached hydrogen (secondary N) is 1. The van der Waals surface area contributed by atoms with Crippen LogP contribution >= 0.6 is 0 Å². The van der Waals surface area contributed by atoms with Crippen LogP contribution in [0.4, 0.5) is 11.4 Å². The van der Waals surface area contributed by atoms with E-state index in [1.807, 2.05) is 12.1 Å². The number of pyridine rings is 1. The molecule has 0 unspecified atom stereocenters. The first-order chi connectivity index (χ1) is 8.66. The molecule has 0 aliphatic rings. The predicted molar refractivity (Wildman–Crippen MR) is 66.3 cm³/mol. The number of phenols is 1. The van der Waals surface area contributed by atoms with Crippen molar-refractivity contribution >= 4 is 11.4 Å². The zero-order valence-electron chi connectivity index (χ0n) is 9.41. The van der Waals surface area contributed by atoms with Crippen molar-refractivity contribution in [1.29, 1.82) is 0 Å². The molecule has 0 fully saturated rings. The van der Waals surface area contributed by atoms with Gasteiger partial charge < -0.3 is 10.4 Å². The second kappa shape index (κ2) is 5.13. The fourth-order valence-electron chi connectivity index (χ4n) is 1.52. The molecule has 1 aromatic carbocycles. The molecule has 1 heterocycles. The van der Waals surface area contributed by atoms with E-state index in [1.165, 1.54) is 12.1 Å². The number of phenolic OH excluding ortho intramolecular Hbond substituents is 1. The Balaban J connectivity index is 2.17. The third kappa shape index (κ3) is 2.73. The van der Waals surface area contributed by atoms with E-state index < -0.39 is 4.92 Å². The van der Waals surface area contributed by atoms with Crippen molar-refractivity contribution < 1.29 is 10.0 Å². The molecule has 1 aromatic heterocycles. The van der Waals surface area contributed by atoms with E-state index in [0.29, 0.717) is 12.2 Å². The first kappa shape index (κ1) is 11.8. The number of nitro groups is 1. The van der Waals surface area contributed by atoms with Gasteiger partial charge in [-0.2, -0.15) is 0 Å². The Hall–Kier alpha value is -2.63. The average molecular weight is 245 g/mol. The van der Waals surface area contributed by atoms with Crippen LogP contribution in [0.25, 0.3) is 0 Å². The quantitative estimate of drug-likeness (QED) is 0.490. The Morgan fingerprint density at radius 3 is 2.67 bits per heavy atom. The van der Waals surface area contributed by atoms with Gasteiger partial charge in [0.05, 0.1) is 11.0 Å². The highest BCUT2D eigenvalue weighted by Gasteiger charge is 2.14. The van der Waals surface area contributed by atoms with Gasteiger partial charge in [0.1, 0.15) is 11.4 Å². The third-order valence-corrected chi connectivity index (χ3v) is 2.41. The number of nitrogens with zero attached hydrogens (tertiary/aromatic N) is 2. The van der Waals surface area contributed by atoms with Crippen molar-refractivity contribution in [2.24, 2.45) is 0 Å². The summed E-state index contributed by atoms with van der Waals surface area (Å²) in [7, 11) is 0. The van der Waals surface area contributed by atoms with E-state index in [-0.39, 0.29) is 11.4 Å². The maximum atomic E-state index is 10.8. The number of hydrogen-bond acceptors (Lipinski definition) is 5. The molecule has 0 saturated carbocycles. The minimum absolute atomic E-state index is 0.129. The lowest BCUT2D eigenvalue weighted by molar-refractivity contribution is -0.384. The maximum Gasteiger partial charge on any atom is 0.296 e. The van der Waals surface area contributed by atoms with Crippen LogP contribution < -0.4 is 5.32 Å². The average Bonchev–Trinajstić information content (AvgIpc) is 2.38. The lowest BCUT2D eigenvalue weighted by Crippen LogP contribution is -2.02. The van der Waals surface area contributed by atoms with E-state index in [2.05, 4.69) is 10.3 Å². The molecular formula is C12H11N3O3. The van der Waals surface area contributed by atoms with E-state index in [0.717, 1.165) is 11.6 Å². The van der Waals surface area contributed by atoms with Crippen LogP contribution in [0.3, 0.4) is 0 Å². The number of hydrogen-bond donors (Lipinski definition) is 2.